The molecule has 2 aromatic rings. The summed E-state index contributed by atoms with van der Waals surface area (Å²) in [6.07, 6.45) is 0. The minimum absolute atomic E-state index is 0.0901. The summed E-state index contributed by atoms with van der Waals surface area (Å²) < 4.78 is 0. The van der Waals surface area contributed by atoms with E-state index in [1.54, 1.807) is 4.90 Å². The lowest BCUT2D eigenvalue weighted by molar-refractivity contribution is 0.485. The molecule has 5 nitrogen and oxygen atoms in total. The Kier molecular flexibility index (Phi) is 5.36. The zero-order chi connectivity index (χ0) is 16.8. The van der Waals surface area contributed by atoms with E-state index in [1.807, 2.05) is 69.4 Å². The molecule has 0 amide bonds. The molecule has 0 aliphatic rings. The van der Waals surface area contributed by atoms with Crippen LogP contribution in [-0.4, -0.2) is 23.9 Å². The molecule has 0 atom stereocenters. The lowest BCUT2D eigenvalue weighted by Crippen LogP contribution is -2.43. The topological polar surface area (TPSA) is 75.0 Å². The van der Waals surface area contributed by atoms with Crippen LogP contribution in [0.2, 0.25) is 0 Å². The first-order chi connectivity index (χ1) is 11.0. The molecule has 5 heteroatoms. The third-order valence-electron chi connectivity index (χ3n) is 3.62. The summed E-state index contributed by atoms with van der Waals surface area (Å²) in [6.45, 7) is 4.61. The third-order valence-corrected chi connectivity index (χ3v) is 3.62. The van der Waals surface area contributed by atoms with Crippen molar-refractivity contribution in [2.24, 2.45) is 0 Å². The number of nitrogens with zero attached hydrogens (tertiary/aromatic N) is 1. The number of benzene rings is 2. The predicted octanol–water partition coefficient (Wildman–Crippen LogP) is 3.31. The number of para-hydroxylation sites is 1. The van der Waals surface area contributed by atoms with E-state index in [2.05, 4.69) is 10.6 Å². The number of anilines is 1. The minimum Gasteiger partial charge on any atom is -0.342 e. The molecular weight excluding hydrogens is 286 g/mol. The number of rotatable bonds is 3. The van der Waals surface area contributed by atoms with E-state index >= 15 is 0 Å². The maximum atomic E-state index is 8.08. The van der Waals surface area contributed by atoms with Crippen molar-refractivity contribution < 1.29 is 0 Å². The van der Waals surface area contributed by atoms with Gasteiger partial charge in [0.2, 0.25) is 0 Å². The molecule has 2 aromatic carbocycles. The van der Waals surface area contributed by atoms with Crippen molar-refractivity contribution in [2.45, 2.75) is 20.4 Å². The Labute approximate surface area is 137 Å². The van der Waals surface area contributed by atoms with Gasteiger partial charge in [0, 0.05) is 19.3 Å². The van der Waals surface area contributed by atoms with Crippen LogP contribution in [0.3, 0.4) is 0 Å². The molecule has 4 N–H and O–H groups in total. The van der Waals surface area contributed by atoms with Gasteiger partial charge in [-0.1, -0.05) is 48.5 Å². The van der Waals surface area contributed by atoms with Gasteiger partial charge in [0.05, 0.1) is 0 Å². The summed E-state index contributed by atoms with van der Waals surface area (Å²) in [4.78, 5) is 1.76. The number of aryl methyl sites for hydroxylation is 2. The molecule has 2 rings (SSSR count). The van der Waals surface area contributed by atoms with E-state index in [9.17, 15) is 0 Å². The van der Waals surface area contributed by atoms with Crippen LogP contribution in [0.15, 0.2) is 48.5 Å². The molecule has 0 fully saturated rings. The first kappa shape index (κ1) is 16.5. The van der Waals surface area contributed by atoms with Gasteiger partial charge in [-0.2, -0.15) is 0 Å². The van der Waals surface area contributed by atoms with E-state index in [0.717, 1.165) is 22.4 Å². The van der Waals surface area contributed by atoms with Crippen LogP contribution >= 0.6 is 0 Å². The second-order valence-electron chi connectivity index (χ2n) is 5.58. The molecule has 0 aliphatic carbocycles. The zero-order valence-electron chi connectivity index (χ0n) is 13.8. The highest BCUT2D eigenvalue weighted by atomic mass is 15.3. The molecule has 120 valence electrons. The summed E-state index contributed by atoms with van der Waals surface area (Å²) >= 11 is 0. The first-order valence-corrected chi connectivity index (χ1v) is 7.50. The van der Waals surface area contributed by atoms with Crippen molar-refractivity contribution in [3.05, 3.63) is 65.2 Å². The Hall–Kier alpha value is -2.82. The number of hydrogen-bond donors (Lipinski definition) is 4. The average Bonchev–Trinajstić information content (AvgIpc) is 2.52. The highest BCUT2D eigenvalue weighted by Crippen LogP contribution is 2.18. The zero-order valence-corrected chi connectivity index (χ0v) is 13.8. The molecule has 0 spiro atoms. The van der Waals surface area contributed by atoms with Gasteiger partial charge >= 0.3 is 0 Å². The Bertz CT molecular complexity index is 674. The Morgan fingerprint density at radius 2 is 1.57 bits per heavy atom. The van der Waals surface area contributed by atoms with E-state index < -0.39 is 0 Å². The molecule has 0 radical (unpaired) electrons. The van der Waals surface area contributed by atoms with Crippen LogP contribution < -0.4 is 10.6 Å². The van der Waals surface area contributed by atoms with Gasteiger partial charge in [0.15, 0.2) is 11.9 Å². The SMILES string of the molecule is Cc1cccc(C)c1NC(=N)NC(=N)N(C)Cc1ccccc1. The van der Waals surface area contributed by atoms with E-state index in [-0.39, 0.29) is 11.9 Å². The molecule has 0 aliphatic heterocycles. The second-order valence-corrected chi connectivity index (χ2v) is 5.58. The predicted molar refractivity (Wildman–Crippen MR) is 96.0 cm³/mol. The Balaban J connectivity index is 1.93. The van der Waals surface area contributed by atoms with E-state index in [1.165, 1.54) is 0 Å². The van der Waals surface area contributed by atoms with E-state index in [4.69, 9.17) is 10.8 Å². The average molecular weight is 309 g/mol. The summed E-state index contributed by atoms with van der Waals surface area (Å²) in [5.41, 5.74) is 4.17. The number of guanidine groups is 2. The Morgan fingerprint density at radius 1 is 0.957 bits per heavy atom. The highest BCUT2D eigenvalue weighted by molar-refractivity contribution is 6.03. The number of hydrogen-bond acceptors (Lipinski definition) is 2. The lowest BCUT2D eigenvalue weighted by Gasteiger charge is -2.22. The first-order valence-electron chi connectivity index (χ1n) is 7.50. The quantitative estimate of drug-likeness (QED) is 0.519. The van der Waals surface area contributed by atoms with Gasteiger partial charge in [0.1, 0.15) is 0 Å². The van der Waals surface area contributed by atoms with Crippen LogP contribution in [0.25, 0.3) is 0 Å². The summed E-state index contributed by atoms with van der Waals surface area (Å²) in [5, 5.41) is 21.9. The van der Waals surface area contributed by atoms with Crippen molar-refractivity contribution in [1.82, 2.24) is 10.2 Å². The van der Waals surface area contributed by atoms with Crippen LogP contribution in [0.5, 0.6) is 0 Å². The summed E-state index contributed by atoms with van der Waals surface area (Å²) in [6, 6.07) is 15.9. The number of nitrogens with one attached hydrogen (secondary N) is 4. The van der Waals surface area contributed by atoms with Gasteiger partial charge in [-0.25, -0.2) is 0 Å². The van der Waals surface area contributed by atoms with Crippen LogP contribution in [-0.2, 0) is 6.54 Å². The maximum absolute atomic E-state index is 8.08. The highest BCUT2D eigenvalue weighted by Gasteiger charge is 2.09. The van der Waals surface area contributed by atoms with Gasteiger partial charge in [-0.15, -0.1) is 0 Å². The molecule has 0 saturated heterocycles. The fourth-order valence-electron chi connectivity index (χ4n) is 2.32. The van der Waals surface area contributed by atoms with Crippen molar-refractivity contribution >= 4 is 17.6 Å². The van der Waals surface area contributed by atoms with Crippen molar-refractivity contribution in [3.8, 4) is 0 Å². The molecule has 23 heavy (non-hydrogen) atoms. The monoisotopic (exact) mass is 309 g/mol. The molecular formula is C18H23N5. The van der Waals surface area contributed by atoms with Crippen LogP contribution in [0.1, 0.15) is 16.7 Å². The second kappa shape index (κ2) is 7.45. The molecule has 0 heterocycles. The van der Waals surface area contributed by atoms with Gasteiger partial charge < -0.3 is 10.2 Å². The summed E-state index contributed by atoms with van der Waals surface area (Å²) in [5.74, 6) is 0.268. The smallest absolute Gasteiger partial charge is 0.199 e. The van der Waals surface area contributed by atoms with E-state index in [0.29, 0.717) is 6.54 Å². The van der Waals surface area contributed by atoms with Gasteiger partial charge in [0.25, 0.3) is 0 Å². The molecule has 0 aromatic heterocycles. The molecule has 0 unspecified atom stereocenters. The van der Waals surface area contributed by atoms with Crippen molar-refractivity contribution in [3.63, 3.8) is 0 Å². The summed E-state index contributed by atoms with van der Waals surface area (Å²) in [7, 11) is 1.83. The van der Waals surface area contributed by atoms with Crippen molar-refractivity contribution in [1.29, 1.82) is 10.8 Å². The fraction of sp³-hybridized carbons (Fsp3) is 0.222. The third kappa shape index (κ3) is 4.57. The standard InChI is InChI=1S/C18H23N5/c1-13-8-7-9-14(2)16(13)21-17(19)22-18(20)23(3)12-15-10-5-4-6-11-15/h4-11H,12H2,1-3H3,(H4,19,20,21,22). The maximum Gasteiger partial charge on any atom is 0.199 e. The van der Waals surface area contributed by atoms with Gasteiger partial charge in [-0.05, 0) is 30.5 Å². The molecule has 0 saturated carbocycles. The lowest BCUT2D eigenvalue weighted by atomic mass is 10.1. The fourth-order valence-corrected chi connectivity index (χ4v) is 2.32. The van der Waals surface area contributed by atoms with Crippen LogP contribution in [0.4, 0.5) is 5.69 Å². The van der Waals surface area contributed by atoms with Crippen molar-refractivity contribution in [2.75, 3.05) is 12.4 Å². The normalized spacial score (nSPS) is 10.0. The van der Waals surface area contributed by atoms with Crippen LogP contribution in [0, 0.1) is 24.7 Å². The Morgan fingerprint density at radius 3 is 2.17 bits per heavy atom. The minimum atomic E-state index is 0.0901. The van der Waals surface area contributed by atoms with Gasteiger partial charge in [-0.3, -0.25) is 16.1 Å². The molecule has 0 bridgehead atoms. The largest absolute Gasteiger partial charge is 0.342 e.